The Kier molecular flexibility index (Phi) is 6.35. The van der Waals surface area contributed by atoms with Gasteiger partial charge in [-0.25, -0.2) is 0 Å². The van der Waals surface area contributed by atoms with Gasteiger partial charge in [0.2, 0.25) is 5.91 Å². The number of rotatable bonds is 6. The van der Waals surface area contributed by atoms with Gasteiger partial charge in [0.05, 0.1) is 18.8 Å². The number of pyridine rings is 1. The Hall–Kier alpha value is -1.56. The average molecular weight is 282 g/mol. The van der Waals surface area contributed by atoms with Gasteiger partial charge in [0.25, 0.3) is 0 Å². The highest BCUT2D eigenvalue weighted by Gasteiger charge is 2.18. The van der Waals surface area contributed by atoms with Crippen LogP contribution in [0.1, 0.15) is 6.92 Å². The third-order valence-electron chi connectivity index (χ3n) is 2.59. The Balaban J connectivity index is 2.39. The first-order valence-electron chi connectivity index (χ1n) is 5.89. The molecule has 0 aliphatic rings. The van der Waals surface area contributed by atoms with Crippen molar-refractivity contribution in [2.45, 2.75) is 11.8 Å². The van der Waals surface area contributed by atoms with E-state index in [1.54, 1.807) is 31.3 Å². The van der Waals surface area contributed by atoms with Gasteiger partial charge in [0, 0.05) is 30.9 Å². The third-order valence-corrected chi connectivity index (χ3v) is 3.59. The number of carbonyl (C=O) groups is 2. The molecule has 0 aromatic carbocycles. The van der Waals surface area contributed by atoms with E-state index >= 15 is 0 Å². The quantitative estimate of drug-likeness (QED) is 0.583. The minimum Gasteiger partial charge on any atom is -0.469 e. The highest BCUT2D eigenvalue weighted by atomic mass is 32.2. The average Bonchev–Trinajstić information content (AvgIpc) is 2.44. The van der Waals surface area contributed by atoms with Gasteiger partial charge in [0.1, 0.15) is 0 Å². The van der Waals surface area contributed by atoms with Crippen LogP contribution in [0.4, 0.5) is 0 Å². The van der Waals surface area contributed by atoms with E-state index in [4.69, 9.17) is 0 Å². The second-order valence-electron chi connectivity index (χ2n) is 4.17. The standard InChI is InChI=1S/C13H18N2O3S/c1-10(13(17)18-3)8-15(2)12(16)9-19-11-4-6-14-7-5-11/h4-7,10H,8-9H2,1-3H3. The molecule has 1 amide bonds. The number of hydrogen-bond donors (Lipinski definition) is 0. The molecule has 0 spiro atoms. The molecule has 0 aliphatic carbocycles. The molecule has 5 nitrogen and oxygen atoms in total. The molecule has 0 saturated heterocycles. The Morgan fingerprint density at radius 3 is 2.63 bits per heavy atom. The van der Waals surface area contributed by atoms with Crippen molar-refractivity contribution in [2.24, 2.45) is 5.92 Å². The van der Waals surface area contributed by atoms with Crippen LogP contribution in [0, 0.1) is 5.92 Å². The van der Waals surface area contributed by atoms with E-state index in [-0.39, 0.29) is 17.8 Å². The molecule has 1 unspecified atom stereocenters. The van der Waals surface area contributed by atoms with E-state index in [9.17, 15) is 9.59 Å². The number of carbonyl (C=O) groups excluding carboxylic acids is 2. The summed E-state index contributed by atoms with van der Waals surface area (Å²) in [6, 6.07) is 3.71. The summed E-state index contributed by atoms with van der Waals surface area (Å²) < 4.78 is 4.63. The monoisotopic (exact) mass is 282 g/mol. The summed E-state index contributed by atoms with van der Waals surface area (Å²) in [5.41, 5.74) is 0. The Bertz CT molecular complexity index is 425. The summed E-state index contributed by atoms with van der Waals surface area (Å²) >= 11 is 1.45. The highest BCUT2D eigenvalue weighted by molar-refractivity contribution is 8.00. The summed E-state index contributed by atoms with van der Waals surface area (Å²) in [6.07, 6.45) is 3.38. The molecule has 1 aromatic heterocycles. The van der Waals surface area contributed by atoms with E-state index in [0.29, 0.717) is 12.3 Å². The predicted octanol–water partition coefficient (Wildman–Crippen LogP) is 1.44. The fraction of sp³-hybridized carbons (Fsp3) is 0.462. The summed E-state index contributed by atoms with van der Waals surface area (Å²) in [5.74, 6) is -0.294. The SMILES string of the molecule is COC(=O)C(C)CN(C)C(=O)CSc1ccncc1. The summed E-state index contributed by atoms with van der Waals surface area (Å²) in [6.45, 7) is 2.11. The number of nitrogens with zero attached hydrogens (tertiary/aromatic N) is 2. The predicted molar refractivity (Wildman–Crippen MR) is 73.8 cm³/mol. The van der Waals surface area contributed by atoms with Gasteiger partial charge in [-0.2, -0.15) is 0 Å². The first kappa shape index (κ1) is 15.5. The smallest absolute Gasteiger partial charge is 0.310 e. The van der Waals surface area contributed by atoms with Gasteiger partial charge in [-0.15, -0.1) is 11.8 Å². The zero-order valence-corrected chi connectivity index (χ0v) is 12.1. The molecule has 19 heavy (non-hydrogen) atoms. The van der Waals surface area contributed by atoms with Crippen LogP contribution >= 0.6 is 11.8 Å². The van der Waals surface area contributed by atoms with Crippen molar-refractivity contribution in [3.05, 3.63) is 24.5 Å². The lowest BCUT2D eigenvalue weighted by Gasteiger charge is -2.20. The van der Waals surface area contributed by atoms with Gasteiger partial charge in [-0.1, -0.05) is 6.92 Å². The zero-order valence-electron chi connectivity index (χ0n) is 11.3. The fourth-order valence-corrected chi connectivity index (χ4v) is 2.30. The highest BCUT2D eigenvalue weighted by Crippen LogP contribution is 2.16. The maximum absolute atomic E-state index is 11.9. The van der Waals surface area contributed by atoms with Crippen LogP contribution in [0.15, 0.2) is 29.4 Å². The lowest BCUT2D eigenvalue weighted by Crippen LogP contribution is -2.35. The number of hydrogen-bond acceptors (Lipinski definition) is 5. The van der Waals surface area contributed by atoms with Crippen LogP contribution < -0.4 is 0 Å². The van der Waals surface area contributed by atoms with Crippen LogP contribution in [0.3, 0.4) is 0 Å². The van der Waals surface area contributed by atoms with Crippen LogP contribution in [-0.4, -0.2) is 48.2 Å². The molecular formula is C13H18N2O3S. The van der Waals surface area contributed by atoms with E-state index in [1.165, 1.54) is 18.9 Å². The molecule has 0 N–H and O–H groups in total. The minimum absolute atomic E-state index is 0.0161. The van der Waals surface area contributed by atoms with E-state index in [2.05, 4.69) is 9.72 Å². The second kappa shape index (κ2) is 7.78. The van der Waals surface area contributed by atoms with Crippen molar-refractivity contribution in [3.63, 3.8) is 0 Å². The van der Waals surface area contributed by atoms with E-state index in [1.807, 2.05) is 12.1 Å². The van der Waals surface area contributed by atoms with E-state index < -0.39 is 0 Å². The molecule has 104 valence electrons. The molecule has 0 radical (unpaired) electrons. The maximum Gasteiger partial charge on any atom is 0.310 e. The first-order valence-corrected chi connectivity index (χ1v) is 6.87. The maximum atomic E-state index is 11.9. The number of ether oxygens (including phenoxy) is 1. The van der Waals surface area contributed by atoms with Crippen LogP contribution in [0.2, 0.25) is 0 Å². The molecule has 1 atom stereocenters. The van der Waals surface area contributed by atoms with Crippen LogP contribution in [-0.2, 0) is 14.3 Å². The minimum atomic E-state index is -0.315. The number of thioether (sulfide) groups is 1. The lowest BCUT2D eigenvalue weighted by atomic mass is 10.2. The van der Waals surface area contributed by atoms with Crippen LogP contribution in [0.5, 0.6) is 0 Å². The molecular weight excluding hydrogens is 264 g/mol. The topological polar surface area (TPSA) is 59.5 Å². The van der Waals surface area contributed by atoms with Gasteiger partial charge in [-0.05, 0) is 12.1 Å². The number of amides is 1. The van der Waals surface area contributed by atoms with Crippen molar-refractivity contribution < 1.29 is 14.3 Å². The van der Waals surface area contributed by atoms with Crippen molar-refractivity contribution >= 4 is 23.6 Å². The van der Waals surface area contributed by atoms with Crippen molar-refractivity contribution in [2.75, 3.05) is 26.5 Å². The molecule has 0 bridgehead atoms. The normalized spacial score (nSPS) is 11.7. The number of esters is 1. The van der Waals surface area contributed by atoms with E-state index in [0.717, 1.165) is 4.90 Å². The Morgan fingerprint density at radius 2 is 2.05 bits per heavy atom. The van der Waals surface area contributed by atoms with Gasteiger partial charge in [0.15, 0.2) is 0 Å². The van der Waals surface area contributed by atoms with Gasteiger partial charge in [-0.3, -0.25) is 14.6 Å². The largest absolute Gasteiger partial charge is 0.469 e. The first-order chi connectivity index (χ1) is 9.04. The summed E-state index contributed by atoms with van der Waals surface area (Å²) in [4.78, 5) is 29.6. The Morgan fingerprint density at radius 1 is 1.42 bits per heavy atom. The molecule has 0 aliphatic heterocycles. The Labute approximate surface area is 117 Å². The number of aromatic nitrogens is 1. The van der Waals surface area contributed by atoms with Crippen LogP contribution in [0.25, 0.3) is 0 Å². The molecule has 6 heteroatoms. The molecule has 1 aromatic rings. The van der Waals surface area contributed by atoms with Gasteiger partial charge < -0.3 is 9.64 Å². The van der Waals surface area contributed by atoms with Crippen molar-refractivity contribution in [1.82, 2.24) is 9.88 Å². The molecule has 0 fully saturated rings. The summed E-state index contributed by atoms with van der Waals surface area (Å²) in [5, 5.41) is 0. The third kappa shape index (κ3) is 5.30. The van der Waals surface area contributed by atoms with Crippen molar-refractivity contribution in [3.8, 4) is 0 Å². The summed E-state index contributed by atoms with van der Waals surface area (Å²) in [7, 11) is 3.04. The molecule has 1 heterocycles. The van der Waals surface area contributed by atoms with Crippen molar-refractivity contribution in [1.29, 1.82) is 0 Å². The lowest BCUT2D eigenvalue weighted by molar-refractivity contribution is -0.145. The fourth-order valence-electron chi connectivity index (χ4n) is 1.48. The van der Waals surface area contributed by atoms with Gasteiger partial charge >= 0.3 is 5.97 Å². The molecule has 0 saturated carbocycles. The number of methoxy groups -OCH3 is 1. The second-order valence-corrected chi connectivity index (χ2v) is 5.22. The zero-order chi connectivity index (χ0) is 14.3. The molecule has 1 rings (SSSR count).